The number of guanidine groups is 1. The minimum absolute atomic E-state index is 0.171. The van der Waals surface area contributed by atoms with E-state index in [9.17, 15) is 5.11 Å². The maximum atomic E-state index is 9.79. The van der Waals surface area contributed by atoms with Crippen LogP contribution in [0.1, 0.15) is 57.1 Å². The number of nitrogens with zero attached hydrogens (tertiary/aromatic N) is 2. The van der Waals surface area contributed by atoms with Gasteiger partial charge < -0.3 is 24.8 Å². The molecule has 3 atom stereocenters. The van der Waals surface area contributed by atoms with E-state index in [0.29, 0.717) is 18.6 Å². The van der Waals surface area contributed by atoms with Gasteiger partial charge in [-0.3, -0.25) is 4.99 Å². The molecular formula is C22H33N3O3. The Bertz CT molecular complexity index is 728. The second-order valence-corrected chi connectivity index (χ2v) is 8.17. The molecular weight excluding hydrogens is 354 g/mol. The van der Waals surface area contributed by atoms with E-state index in [0.717, 1.165) is 62.8 Å². The molecule has 0 bridgehead atoms. The molecule has 2 fully saturated rings. The average Bonchev–Trinajstić information content (AvgIpc) is 3.33. The molecule has 1 saturated heterocycles. The van der Waals surface area contributed by atoms with Gasteiger partial charge in [0.1, 0.15) is 17.6 Å². The maximum Gasteiger partial charge on any atom is 0.194 e. The molecule has 4 rings (SSSR count). The van der Waals surface area contributed by atoms with Crippen LogP contribution < -0.4 is 14.8 Å². The van der Waals surface area contributed by atoms with Gasteiger partial charge in [-0.05, 0) is 52.2 Å². The van der Waals surface area contributed by atoms with Gasteiger partial charge in [0.15, 0.2) is 5.96 Å². The van der Waals surface area contributed by atoms with Crippen molar-refractivity contribution in [3.8, 4) is 11.5 Å². The first kappa shape index (κ1) is 19.4. The predicted molar refractivity (Wildman–Crippen MR) is 110 cm³/mol. The lowest BCUT2D eigenvalue weighted by Gasteiger charge is -2.32. The van der Waals surface area contributed by atoms with Crippen molar-refractivity contribution >= 4 is 5.96 Å². The smallest absolute Gasteiger partial charge is 0.194 e. The highest BCUT2D eigenvalue weighted by molar-refractivity contribution is 5.81. The summed E-state index contributed by atoms with van der Waals surface area (Å²) in [6, 6.07) is 4.75. The van der Waals surface area contributed by atoms with Gasteiger partial charge in [-0.25, -0.2) is 0 Å². The quantitative estimate of drug-likeness (QED) is 0.601. The Labute approximate surface area is 167 Å². The van der Waals surface area contributed by atoms with E-state index in [1.54, 1.807) is 0 Å². The van der Waals surface area contributed by atoms with Gasteiger partial charge >= 0.3 is 0 Å². The highest BCUT2D eigenvalue weighted by atomic mass is 16.5. The van der Waals surface area contributed by atoms with E-state index in [4.69, 9.17) is 14.5 Å². The minimum atomic E-state index is -0.171. The number of aliphatic hydroxyl groups excluding tert-OH is 1. The second-order valence-electron chi connectivity index (χ2n) is 8.17. The first-order valence-electron chi connectivity index (χ1n) is 10.8. The molecule has 0 amide bonds. The zero-order valence-electron chi connectivity index (χ0n) is 17.3. The number of piperidine rings is 1. The SMILES string of the molecule is CCN=C(NC1CC1c1cc2c(cc1OCC)CC(C)O2)N1CCC(O)CC1. The van der Waals surface area contributed by atoms with Crippen molar-refractivity contribution in [1.82, 2.24) is 10.2 Å². The molecule has 1 aromatic rings. The Morgan fingerprint density at radius 3 is 2.82 bits per heavy atom. The molecule has 3 unspecified atom stereocenters. The molecule has 6 heteroatoms. The fraction of sp³-hybridized carbons (Fsp3) is 0.682. The normalized spacial score (nSPS) is 27.4. The molecule has 2 N–H and O–H groups in total. The Kier molecular flexibility index (Phi) is 5.67. The van der Waals surface area contributed by atoms with Crippen molar-refractivity contribution in [2.75, 3.05) is 26.2 Å². The van der Waals surface area contributed by atoms with E-state index in [2.05, 4.69) is 36.2 Å². The monoisotopic (exact) mass is 387 g/mol. The van der Waals surface area contributed by atoms with Gasteiger partial charge in [-0.1, -0.05) is 0 Å². The lowest BCUT2D eigenvalue weighted by molar-refractivity contribution is 0.108. The van der Waals surface area contributed by atoms with Crippen LogP contribution in [0.5, 0.6) is 11.5 Å². The van der Waals surface area contributed by atoms with Crippen LogP contribution in [0.15, 0.2) is 17.1 Å². The van der Waals surface area contributed by atoms with E-state index >= 15 is 0 Å². The lowest BCUT2D eigenvalue weighted by Crippen LogP contribution is -2.47. The molecule has 154 valence electrons. The van der Waals surface area contributed by atoms with Crippen molar-refractivity contribution in [2.45, 2.75) is 70.6 Å². The fourth-order valence-electron chi connectivity index (χ4n) is 4.35. The molecule has 28 heavy (non-hydrogen) atoms. The number of aliphatic hydroxyl groups is 1. The van der Waals surface area contributed by atoms with Gasteiger partial charge in [0.05, 0.1) is 12.7 Å². The van der Waals surface area contributed by atoms with Gasteiger partial charge in [-0.2, -0.15) is 0 Å². The van der Waals surface area contributed by atoms with Crippen molar-refractivity contribution in [3.63, 3.8) is 0 Å². The number of aliphatic imine (C=N–C) groups is 1. The van der Waals surface area contributed by atoms with Crippen molar-refractivity contribution in [3.05, 3.63) is 23.3 Å². The van der Waals surface area contributed by atoms with Crippen LogP contribution in [0.4, 0.5) is 0 Å². The molecule has 1 saturated carbocycles. The summed E-state index contributed by atoms with van der Waals surface area (Å²) in [5.41, 5.74) is 2.50. The van der Waals surface area contributed by atoms with E-state index in [-0.39, 0.29) is 12.2 Å². The Morgan fingerprint density at radius 2 is 2.11 bits per heavy atom. The number of rotatable bonds is 5. The summed E-state index contributed by atoms with van der Waals surface area (Å²) in [5, 5.41) is 13.5. The van der Waals surface area contributed by atoms with Crippen LogP contribution >= 0.6 is 0 Å². The summed E-state index contributed by atoms with van der Waals surface area (Å²) in [7, 11) is 0. The third kappa shape index (κ3) is 4.07. The van der Waals surface area contributed by atoms with Crippen LogP contribution in [0, 0.1) is 0 Å². The number of hydrogen-bond acceptors (Lipinski definition) is 4. The molecule has 2 heterocycles. The fourth-order valence-corrected chi connectivity index (χ4v) is 4.35. The summed E-state index contributed by atoms with van der Waals surface area (Å²) in [4.78, 5) is 6.98. The summed E-state index contributed by atoms with van der Waals surface area (Å²) in [6.07, 6.45) is 3.73. The van der Waals surface area contributed by atoms with Crippen molar-refractivity contribution < 1.29 is 14.6 Å². The largest absolute Gasteiger partial charge is 0.494 e. The highest BCUT2D eigenvalue weighted by Gasteiger charge is 2.42. The lowest BCUT2D eigenvalue weighted by atomic mass is 10.0. The molecule has 0 spiro atoms. The number of benzene rings is 1. The minimum Gasteiger partial charge on any atom is -0.494 e. The zero-order valence-corrected chi connectivity index (χ0v) is 17.3. The first-order chi connectivity index (χ1) is 13.6. The zero-order chi connectivity index (χ0) is 19.7. The highest BCUT2D eigenvalue weighted by Crippen LogP contribution is 2.48. The number of hydrogen-bond donors (Lipinski definition) is 2. The molecule has 3 aliphatic rings. The molecule has 0 aromatic heterocycles. The van der Waals surface area contributed by atoms with Crippen molar-refractivity contribution in [1.29, 1.82) is 0 Å². The predicted octanol–water partition coefficient (Wildman–Crippen LogP) is 2.69. The van der Waals surface area contributed by atoms with E-state index in [1.807, 2.05) is 6.92 Å². The molecule has 2 aliphatic heterocycles. The standard InChI is InChI=1S/C22H33N3O3/c1-4-23-22(25-8-6-16(26)7-9-25)24-19-12-17(19)18-13-20-15(10-14(3)28-20)11-21(18)27-5-2/h11,13-14,16-17,19,26H,4-10,12H2,1-3H3,(H,23,24). The third-order valence-corrected chi connectivity index (χ3v) is 5.90. The number of likely N-dealkylation sites (tertiary alicyclic amines) is 1. The average molecular weight is 388 g/mol. The second kappa shape index (κ2) is 8.19. The van der Waals surface area contributed by atoms with E-state index < -0.39 is 0 Å². The maximum absolute atomic E-state index is 9.79. The topological polar surface area (TPSA) is 66.3 Å². The number of fused-ring (bicyclic) bond motifs is 1. The van der Waals surface area contributed by atoms with Crippen LogP contribution in [0.3, 0.4) is 0 Å². The Hall–Kier alpha value is -1.95. The Morgan fingerprint density at radius 1 is 1.32 bits per heavy atom. The van der Waals surface area contributed by atoms with Gasteiger partial charge in [0.2, 0.25) is 0 Å². The molecule has 6 nitrogen and oxygen atoms in total. The van der Waals surface area contributed by atoms with Gasteiger partial charge in [-0.15, -0.1) is 0 Å². The van der Waals surface area contributed by atoms with Crippen molar-refractivity contribution in [2.24, 2.45) is 4.99 Å². The van der Waals surface area contributed by atoms with Gasteiger partial charge in [0.25, 0.3) is 0 Å². The molecule has 1 aliphatic carbocycles. The van der Waals surface area contributed by atoms with Crippen LogP contribution in [0.25, 0.3) is 0 Å². The summed E-state index contributed by atoms with van der Waals surface area (Å²) in [6.45, 7) is 9.37. The van der Waals surface area contributed by atoms with Crippen LogP contribution in [0.2, 0.25) is 0 Å². The van der Waals surface area contributed by atoms with E-state index in [1.165, 1.54) is 11.1 Å². The third-order valence-electron chi connectivity index (χ3n) is 5.90. The summed E-state index contributed by atoms with van der Waals surface area (Å²) < 4.78 is 12.0. The number of ether oxygens (including phenoxy) is 2. The summed E-state index contributed by atoms with van der Waals surface area (Å²) >= 11 is 0. The number of nitrogens with one attached hydrogen (secondary N) is 1. The molecule has 0 radical (unpaired) electrons. The first-order valence-corrected chi connectivity index (χ1v) is 10.8. The van der Waals surface area contributed by atoms with Gasteiger partial charge in [0, 0.05) is 49.1 Å². The van der Waals surface area contributed by atoms with Crippen LogP contribution in [-0.2, 0) is 6.42 Å². The Balaban J connectivity index is 1.47. The van der Waals surface area contributed by atoms with Crippen LogP contribution in [-0.4, -0.2) is 60.5 Å². The molecule has 1 aromatic carbocycles. The summed E-state index contributed by atoms with van der Waals surface area (Å²) in [5.74, 6) is 3.42.